The van der Waals surface area contributed by atoms with Crippen LogP contribution in [0.1, 0.15) is 12.5 Å². The molecule has 1 saturated heterocycles. The number of carbonyl (C=O) groups excluding carboxylic acids is 1. The van der Waals surface area contributed by atoms with E-state index in [1.807, 2.05) is 12.1 Å². The Hall–Kier alpha value is -1.21. The van der Waals surface area contributed by atoms with Crippen molar-refractivity contribution in [2.24, 2.45) is 5.73 Å². The summed E-state index contributed by atoms with van der Waals surface area (Å²) in [6.07, 6.45) is 0. The average molecular weight is 364 g/mol. The number of benzene rings is 1. The van der Waals surface area contributed by atoms with E-state index in [0.29, 0.717) is 22.6 Å². The maximum atomic E-state index is 10.8. The van der Waals surface area contributed by atoms with Crippen molar-refractivity contribution < 1.29 is 14.3 Å². The average Bonchev–Trinajstić information content (AvgIpc) is 2.45. The number of nitrogens with two attached hydrogens (primary N) is 1. The number of nitrogens with one attached hydrogen (secondary N) is 1. The molecule has 0 aromatic heterocycles. The van der Waals surface area contributed by atoms with E-state index in [9.17, 15) is 4.79 Å². The molecule has 0 spiro atoms. The highest BCUT2D eigenvalue weighted by Gasteiger charge is 2.18. The number of piperazine rings is 1. The highest BCUT2D eigenvalue weighted by Crippen LogP contribution is 2.36. The summed E-state index contributed by atoms with van der Waals surface area (Å²) in [5.74, 6) is 0.296. The van der Waals surface area contributed by atoms with Crippen LogP contribution in [0.5, 0.6) is 11.5 Å². The lowest BCUT2D eigenvalue weighted by atomic mass is 10.1. The molecule has 1 aromatic rings. The molecule has 1 fully saturated rings. The van der Waals surface area contributed by atoms with Crippen LogP contribution in [0.3, 0.4) is 0 Å². The summed E-state index contributed by atoms with van der Waals surface area (Å²) in [6, 6.07) is 4.20. The Morgan fingerprint density at radius 1 is 1.52 bits per heavy atom. The fraction of sp³-hybridized carbons (Fsp3) is 0.533. The third kappa shape index (κ3) is 5.73. The fourth-order valence-electron chi connectivity index (χ4n) is 2.56. The van der Waals surface area contributed by atoms with Crippen molar-refractivity contribution in [2.45, 2.75) is 19.5 Å². The zero-order valence-electron chi connectivity index (χ0n) is 13.3. The molecule has 130 valence electrons. The number of hydrogen-bond donors (Lipinski definition) is 2. The molecule has 0 aliphatic carbocycles. The first-order valence-electron chi connectivity index (χ1n) is 7.23. The number of hydrogen-bond acceptors (Lipinski definition) is 5. The number of rotatable bonds is 6. The molecule has 0 saturated carbocycles. The maximum absolute atomic E-state index is 10.8. The molecule has 3 N–H and O–H groups in total. The molecule has 1 unspecified atom stereocenters. The predicted octanol–water partition coefficient (Wildman–Crippen LogP) is 1.43. The molecule has 1 amide bonds. The van der Waals surface area contributed by atoms with Gasteiger partial charge in [-0.25, -0.2) is 0 Å². The largest absolute Gasteiger partial charge is 0.493 e. The first-order chi connectivity index (χ1) is 10.5. The summed E-state index contributed by atoms with van der Waals surface area (Å²) in [5.41, 5.74) is 6.13. The van der Waals surface area contributed by atoms with Gasteiger partial charge in [0.15, 0.2) is 18.1 Å². The normalized spacial score (nSPS) is 18.1. The number of amides is 1. The van der Waals surface area contributed by atoms with Crippen LogP contribution in [-0.4, -0.2) is 50.2 Å². The summed E-state index contributed by atoms with van der Waals surface area (Å²) < 4.78 is 10.6. The lowest BCUT2D eigenvalue weighted by molar-refractivity contribution is -0.119. The summed E-state index contributed by atoms with van der Waals surface area (Å²) in [6.45, 7) is 5.68. The second-order valence-corrected chi connectivity index (χ2v) is 5.86. The van der Waals surface area contributed by atoms with Crippen molar-refractivity contribution in [2.75, 3.05) is 33.4 Å². The van der Waals surface area contributed by atoms with Crippen LogP contribution in [0.2, 0.25) is 5.02 Å². The van der Waals surface area contributed by atoms with Crippen molar-refractivity contribution >= 4 is 29.9 Å². The van der Waals surface area contributed by atoms with Gasteiger partial charge in [-0.1, -0.05) is 11.6 Å². The molecule has 23 heavy (non-hydrogen) atoms. The van der Waals surface area contributed by atoms with Crippen LogP contribution in [0.4, 0.5) is 0 Å². The van der Waals surface area contributed by atoms with E-state index in [-0.39, 0.29) is 19.0 Å². The standard InChI is InChI=1S/C15H22ClN3O3.ClH/c1-10-7-19(4-3-18-10)8-11-5-12(16)15(13(6-11)21-2)22-9-14(17)20;/h5-6,10,18H,3-4,7-9H2,1-2H3,(H2,17,20);1H. The Bertz CT molecular complexity index is 543. The molecule has 1 atom stereocenters. The second kappa shape index (κ2) is 9.17. The minimum absolute atomic E-state index is 0. The molecule has 0 radical (unpaired) electrons. The highest BCUT2D eigenvalue weighted by atomic mass is 35.5. The van der Waals surface area contributed by atoms with Gasteiger partial charge in [-0.3, -0.25) is 9.69 Å². The van der Waals surface area contributed by atoms with Crippen LogP contribution in [0, 0.1) is 0 Å². The Balaban J connectivity index is 0.00000264. The van der Waals surface area contributed by atoms with Gasteiger partial charge in [0.25, 0.3) is 5.91 Å². The van der Waals surface area contributed by atoms with E-state index < -0.39 is 5.91 Å². The monoisotopic (exact) mass is 363 g/mol. The molecule has 2 rings (SSSR count). The number of carbonyl (C=O) groups is 1. The first kappa shape index (κ1) is 19.8. The number of nitrogens with zero attached hydrogens (tertiary/aromatic N) is 1. The highest BCUT2D eigenvalue weighted by molar-refractivity contribution is 6.32. The van der Waals surface area contributed by atoms with Gasteiger partial charge in [0.05, 0.1) is 12.1 Å². The van der Waals surface area contributed by atoms with Crippen molar-refractivity contribution in [3.63, 3.8) is 0 Å². The summed E-state index contributed by atoms with van der Waals surface area (Å²) in [7, 11) is 1.54. The van der Waals surface area contributed by atoms with E-state index in [2.05, 4.69) is 17.1 Å². The summed E-state index contributed by atoms with van der Waals surface area (Å²) in [5, 5.41) is 3.83. The SMILES string of the molecule is COc1cc(CN2CCNC(C)C2)cc(Cl)c1OCC(N)=O.Cl. The zero-order chi connectivity index (χ0) is 16.1. The Kier molecular flexibility index (Phi) is 7.91. The number of methoxy groups -OCH3 is 1. The minimum Gasteiger partial charge on any atom is -0.493 e. The molecular formula is C15H23Cl2N3O3. The molecule has 8 heteroatoms. The van der Waals surface area contributed by atoms with Crippen LogP contribution in [-0.2, 0) is 11.3 Å². The van der Waals surface area contributed by atoms with E-state index in [4.69, 9.17) is 26.8 Å². The van der Waals surface area contributed by atoms with Crippen molar-refractivity contribution in [3.8, 4) is 11.5 Å². The Labute approximate surface area is 147 Å². The maximum Gasteiger partial charge on any atom is 0.255 e. The van der Waals surface area contributed by atoms with Gasteiger partial charge in [-0.05, 0) is 24.6 Å². The van der Waals surface area contributed by atoms with Gasteiger partial charge in [0, 0.05) is 32.2 Å². The first-order valence-corrected chi connectivity index (χ1v) is 7.60. The van der Waals surface area contributed by atoms with Crippen LogP contribution >= 0.6 is 24.0 Å². The van der Waals surface area contributed by atoms with Gasteiger partial charge in [-0.2, -0.15) is 0 Å². The second-order valence-electron chi connectivity index (χ2n) is 5.45. The predicted molar refractivity (Wildman–Crippen MR) is 92.7 cm³/mol. The van der Waals surface area contributed by atoms with Crippen molar-refractivity contribution in [1.29, 1.82) is 0 Å². The van der Waals surface area contributed by atoms with Gasteiger partial charge >= 0.3 is 0 Å². The zero-order valence-corrected chi connectivity index (χ0v) is 14.9. The van der Waals surface area contributed by atoms with Crippen LogP contribution < -0.4 is 20.5 Å². The topological polar surface area (TPSA) is 76.8 Å². The molecule has 6 nitrogen and oxygen atoms in total. The molecule has 1 aliphatic heterocycles. The molecule has 1 aliphatic rings. The van der Waals surface area contributed by atoms with Gasteiger partial charge < -0.3 is 20.5 Å². The quantitative estimate of drug-likeness (QED) is 0.799. The van der Waals surface area contributed by atoms with Gasteiger partial charge in [0.2, 0.25) is 0 Å². The minimum atomic E-state index is -0.558. The molecule has 1 aromatic carbocycles. The van der Waals surface area contributed by atoms with Gasteiger partial charge in [0.1, 0.15) is 0 Å². The summed E-state index contributed by atoms with van der Waals surface area (Å²) >= 11 is 6.26. The number of ether oxygens (including phenoxy) is 2. The van der Waals surface area contributed by atoms with E-state index in [1.54, 1.807) is 7.11 Å². The smallest absolute Gasteiger partial charge is 0.255 e. The Morgan fingerprint density at radius 2 is 2.26 bits per heavy atom. The number of primary amides is 1. The Morgan fingerprint density at radius 3 is 2.87 bits per heavy atom. The van der Waals surface area contributed by atoms with Crippen molar-refractivity contribution in [3.05, 3.63) is 22.7 Å². The molecule has 0 bridgehead atoms. The lowest BCUT2D eigenvalue weighted by Crippen LogP contribution is -2.48. The van der Waals surface area contributed by atoms with E-state index in [1.165, 1.54) is 0 Å². The fourth-order valence-corrected chi connectivity index (χ4v) is 2.85. The van der Waals surface area contributed by atoms with Gasteiger partial charge in [-0.15, -0.1) is 12.4 Å². The van der Waals surface area contributed by atoms with E-state index in [0.717, 1.165) is 31.7 Å². The third-order valence-electron chi connectivity index (χ3n) is 3.51. The van der Waals surface area contributed by atoms with Crippen LogP contribution in [0.15, 0.2) is 12.1 Å². The third-order valence-corrected chi connectivity index (χ3v) is 3.79. The van der Waals surface area contributed by atoms with Crippen LogP contribution in [0.25, 0.3) is 0 Å². The molecular weight excluding hydrogens is 341 g/mol. The number of halogens is 2. The summed E-state index contributed by atoms with van der Waals surface area (Å²) in [4.78, 5) is 13.2. The van der Waals surface area contributed by atoms with E-state index >= 15 is 0 Å². The van der Waals surface area contributed by atoms with Crippen molar-refractivity contribution in [1.82, 2.24) is 10.2 Å². The molecule has 1 heterocycles. The lowest BCUT2D eigenvalue weighted by Gasteiger charge is -2.32.